The minimum Gasteiger partial charge on any atom is -0.461 e. The zero-order chi connectivity index (χ0) is 13.0. The first-order valence-corrected chi connectivity index (χ1v) is 7.15. The van der Waals surface area contributed by atoms with E-state index in [1.807, 2.05) is 5.38 Å². The number of ether oxygens (including phenoxy) is 1. The number of esters is 1. The molecule has 1 N–H and O–H groups in total. The van der Waals surface area contributed by atoms with Crippen molar-refractivity contribution in [3.63, 3.8) is 0 Å². The molecule has 0 saturated carbocycles. The minimum absolute atomic E-state index is 0.317. The summed E-state index contributed by atoms with van der Waals surface area (Å²) in [6, 6.07) is 0.506. The van der Waals surface area contributed by atoms with Crippen LogP contribution in [-0.2, 0) is 11.3 Å². The van der Waals surface area contributed by atoms with Gasteiger partial charge in [0.2, 0.25) is 5.01 Å². The molecular formula is C12H19N3O2S. The zero-order valence-electron chi connectivity index (χ0n) is 10.8. The van der Waals surface area contributed by atoms with Crippen molar-refractivity contribution in [2.45, 2.75) is 26.4 Å². The second kappa shape index (κ2) is 6.26. The van der Waals surface area contributed by atoms with Crippen molar-refractivity contribution in [2.24, 2.45) is 0 Å². The van der Waals surface area contributed by atoms with E-state index >= 15 is 0 Å². The molecule has 0 aromatic carbocycles. The number of thiazole rings is 1. The predicted octanol–water partition coefficient (Wildman–Crippen LogP) is 1.11. The molecule has 2 rings (SSSR count). The molecule has 1 aliphatic rings. The van der Waals surface area contributed by atoms with Gasteiger partial charge in [-0.15, -0.1) is 11.3 Å². The quantitative estimate of drug-likeness (QED) is 0.830. The summed E-state index contributed by atoms with van der Waals surface area (Å²) in [7, 11) is 0. The topological polar surface area (TPSA) is 54.5 Å². The highest BCUT2D eigenvalue weighted by Crippen LogP contribution is 2.15. The van der Waals surface area contributed by atoms with Gasteiger partial charge in [0.25, 0.3) is 0 Å². The third kappa shape index (κ3) is 3.28. The van der Waals surface area contributed by atoms with Crippen LogP contribution >= 0.6 is 11.3 Å². The molecular weight excluding hydrogens is 250 g/mol. The van der Waals surface area contributed by atoms with E-state index < -0.39 is 0 Å². The first-order valence-electron chi connectivity index (χ1n) is 6.27. The highest BCUT2D eigenvalue weighted by molar-refractivity contribution is 7.11. The summed E-state index contributed by atoms with van der Waals surface area (Å²) < 4.78 is 4.94. The highest BCUT2D eigenvalue weighted by atomic mass is 32.1. The smallest absolute Gasteiger partial charge is 0.367 e. The van der Waals surface area contributed by atoms with Gasteiger partial charge in [-0.1, -0.05) is 0 Å². The maximum absolute atomic E-state index is 11.5. The number of nitrogens with zero attached hydrogens (tertiary/aromatic N) is 2. The van der Waals surface area contributed by atoms with E-state index in [1.165, 1.54) is 11.3 Å². The molecule has 1 atom stereocenters. The second-order valence-electron chi connectivity index (χ2n) is 4.39. The van der Waals surface area contributed by atoms with Crippen LogP contribution in [-0.4, -0.2) is 48.1 Å². The largest absolute Gasteiger partial charge is 0.461 e. The minimum atomic E-state index is -0.317. The molecule has 1 saturated heterocycles. The third-order valence-electron chi connectivity index (χ3n) is 3.01. The molecule has 0 aliphatic carbocycles. The normalized spacial score (nSPS) is 20.9. The molecule has 1 aromatic rings. The van der Waals surface area contributed by atoms with Gasteiger partial charge >= 0.3 is 5.97 Å². The fourth-order valence-corrected chi connectivity index (χ4v) is 2.69. The Labute approximate surface area is 111 Å². The molecule has 1 fully saturated rings. The van der Waals surface area contributed by atoms with Crippen molar-refractivity contribution in [2.75, 3.05) is 26.2 Å². The lowest BCUT2D eigenvalue weighted by molar-refractivity contribution is 0.0525. The van der Waals surface area contributed by atoms with Crippen molar-refractivity contribution >= 4 is 17.3 Å². The van der Waals surface area contributed by atoms with E-state index in [0.29, 0.717) is 17.7 Å². The number of carbonyl (C=O) groups excluding carboxylic acids is 1. The van der Waals surface area contributed by atoms with Gasteiger partial charge in [0.05, 0.1) is 12.3 Å². The predicted molar refractivity (Wildman–Crippen MR) is 70.8 cm³/mol. The van der Waals surface area contributed by atoms with Gasteiger partial charge in [-0.05, 0) is 13.8 Å². The Morgan fingerprint density at radius 3 is 3.28 bits per heavy atom. The molecule has 0 unspecified atom stereocenters. The molecule has 0 amide bonds. The molecule has 2 heterocycles. The van der Waals surface area contributed by atoms with E-state index in [9.17, 15) is 4.79 Å². The van der Waals surface area contributed by atoms with Gasteiger partial charge in [0.15, 0.2) is 0 Å². The Balaban J connectivity index is 1.95. The van der Waals surface area contributed by atoms with Crippen LogP contribution in [0.1, 0.15) is 29.3 Å². The molecule has 1 aromatic heterocycles. The number of hydrogen-bond donors (Lipinski definition) is 1. The number of rotatable bonds is 4. The number of nitrogens with one attached hydrogen (secondary N) is 1. The van der Waals surface area contributed by atoms with E-state index in [0.717, 1.165) is 31.9 Å². The third-order valence-corrected chi connectivity index (χ3v) is 3.88. The van der Waals surface area contributed by atoms with Gasteiger partial charge in [-0.3, -0.25) is 4.90 Å². The summed E-state index contributed by atoms with van der Waals surface area (Å²) in [5, 5.41) is 5.76. The molecule has 5 nitrogen and oxygen atoms in total. The maximum Gasteiger partial charge on any atom is 0.367 e. The Morgan fingerprint density at radius 2 is 2.56 bits per heavy atom. The summed E-state index contributed by atoms with van der Waals surface area (Å²) in [6.45, 7) is 8.24. The molecule has 0 bridgehead atoms. The van der Waals surface area contributed by atoms with E-state index in [2.05, 4.69) is 22.1 Å². The van der Waals surface area contributed by atoms with Crippen molar-refractivity contribution in [1.82, 2.24) is 15.2 Å². The Kier molecular flexibility index (Phi) is 4.68. The second-order valence-corrected chi connectivity index (χ2v) is 5.25. The maximum atomic E-state index is 11.5. The number of aromatic nitrogens is 1. The van der Waals surface area contributed by atoms with Crippen LogP contribution in [0.5, 0.6) is 0 Å². The Hall–Kier alpha value is -0.980. The van der Waals surface area contributed by atoms with Crippen LogP contribution in [0.15, 0.2) is 5.38 Å². The monoisotopic (exact) mass is 269 g/mol. The van der Waals surface area contributed by atoms with E-state index in [4.69, 9.17) is 4.74 Å². The lowest BCUT2D eigenvalue weighted by atomic mass is 10.2. The van der Waals surface area contributed by atoms with Crippen LogP contribution in [0, 0.1) is 0 Å². The molecule has 100 valence electrons. The lowest BCUT2D eigenvalue weighted by Crippen LogP contribution is -2.49. The van der Waals surface area contributed by atoms with Gasteiger partial charge in [0.1, 0.15) is 0 Å². The van der Waals surface area contributed by atoms with Gasteiger partial charge in [-0.2, -0.15) is 0 Å². The number of carbonyl (C=O) groups is 1. The summed E-state index contributed by atoms with van der Waals surface area (Å²) in [6.07, 6.45) is 0. The fraction of sp³-hybridized carbons (Fsp3) is 0.667. The summed E-state index contributed by atoms with van der Waals surface area (Å²) in [4.78, 5) is 18.2. The summed E-state index contributed by atoms with van der Waals surface area (Å²) >= 11 is 1.36. The van der Waals surface area contributed by atoms with E-state index in [1.54, 1.807) is 6.92 Å². The number of hydrogen-bond acceptors (Lipinski definition) is 6. The fourth-order valence-electron chi connectivity index (χ4n) is 1.99. The lowest BCUT2D eigenvalue weighted by Gasteiger charge is -2.33. The average molecular weight is 269 g/mol. The molecule has 6 heteroatoms. The Morgan fingerprint density at radius 1 is 1.72 bits per heavy atom. The Bertz CT molecular complexity index is 408. The van der Waals surface area contributed by atoms with Crippen LogP contribution in [0.2, 0.25) is 0 Å². The van der Waals surface area contributed by atoms with Crippen molar-refractivity contribution in [3.05, 3.63) is 16.1 Å². The molecule has 0 radical (unpaired) electrons. The van der Waals surface area contributed by atoms with Gasteiger partial charge < -0.3 is 10.1 Å². The standard InChI is InChI=1S/C12H19N3O2S/c1-3-17-12(16)11-14-10(8-18-11)7-15-5-4-13-6-9(15)2/h8-9,13H,3-7H2,1-2H3/t9-/m1/s1. The van der Waals surface area contributed by atoms with Gasteiger partial charge in [0, 0.05) is 37.6 Å². The van der Waals surface area contributed by atoms with Gasteiger partial charge in [-0.25, -0.2) is 9.78 Å². The zero-order valence-corrected chi connectivity index (χ0v) is 11.6. The van der Waals surface area contributed by atoms with Crippen molar-refractivity contribution in [3.8, 4) is 0 Å². The number of piperazine rings is 1. The molecule has 0 spiro atoms. The van der Waals surface area contributed by atoms with Crippen molar-refractivity contribution < 1.29 is 9.53 Å². The molecule has 1 aliphatic heterocycles. The van der Waals surface area contributed by atoms with Crippen LogP contribution < -0.4 is 5.32 Å². The SMILES string of the molecule is CCOC(=O)c1nc(CN2CCNC[C@H]2C)cs1. The van der Waals surface area contributed by atoms with Crippen LogP contribution in [0.4, 0.5) is 0 Å². The molecule has 18 heavy (non-hydrogen) atoms. The summed E-state index contributed by atoms with van der Waals surface area (Å²) in [5.41, 5.74) is 0.955. The van der Waals surface area contributed by atoms with Crippen molar-refractivity contribution in [1.29, 1.82) is 0 Å². The first-order chi connectivity index (χ1) is 8.70. The first kappa shape index (κ1) is 13.5. The van der Waals surface area contributed by atoms with Crippen LogP contribution in [0.3, 0.4) is 0 Å². The van der Waals surface area contributed by atoms with E-state index in [-0.39, 0.29) is 5.97 Å². The summed E-state index contributed by atoms with van der Waals surface area (Å²) in [5.74, 6) is -0.317. The average Bonchev–Trinajstić information content (AvgIpc) is 2.81. The highest BCUT2D eigenvalue weighted by Gasteiger charge is 2.20. The van der Waals surface area contributed by atoms with Crippen LogP contribution in [0.25, 0.3) is 0 Å².